The van der Waals surface area contributed by atoms with Crippen molar-refractivity contribution in [3.63, 3.8) is 0 Å². The summed E-state index contributed by atoms with van der Waals surface area (Å²) in [4.78, 5) is 16.1. The number of nitrogens with zero attached hydrogens (tertiary/aromatic N) is 2. The van der Waals surface area contributed by atoms with Crippen LogP contribution in [0.3, 0.4) is 0 Å². The first-order valence-electron chi connectivity index (χ1n) is 8.89. The highest BCUT2D eigenvalue weighted by Gasteiger charge is 2.33. The second-order valence-corrected chi connectivity index (χ2v) is 6.94. The smallest absolute Gasteiger partial charge is 0.304 e. The highest BCUT2D eigenvalue weighted by Crippen LogP contribution is 2.22. The molecule has 0 aromatic heterocycles. The van der Waals surface area contributed by atoms with E-state index in [0.717, 1.165) is 26.2 Å². The molecule has 1 N–H and O–H groups in total. The van der Waals surface area contributed by atoms with Crippen LogP contribution < -0.4 is 0 Å². The molecule has 2 atom stereocenters. The zero-order chi connectivity index (χ0) is 17.6. The number of benzene rings is 2. The summed E-state index contributed by atoms with van der Waals surface area (Å²) in [5, 5.41) is 9.37. The number of rotatable bonds is 6. The van der Waals surface area contributed by atoms with E-state index >= 15 is 0 Å². The summed E-state index contributed by atoms with van der Waals surface area (Å²) in [5.74, 6) is -0.725. The van der Waals surface area contributed by atoms with Crippen molar-refractivity contribution in [2.45, 2.75) is 38.5 Å². The van der Waals surface area contributed by atoms with Crippen molar-refractivity contribution < 1.29 is 9.90 Å². The standard InChI is InChI=1S/C21H26N2O2/c1-17-13-22(14-18-8-4-2-5-9-18)16-20(12-21(24)25)23(17)15-19-10-6-3-7-11-19/h2-11,17,20H,12-16H2,1H3,(H,24,25)/t17-,20-/m0/s1. The molecule has 1 fully saturated rings. The molecule has 0 saturated carbocycles. The van der Waals surface area contributed by atoms with E-state index in [-0.39, 0.29) is 12.5 Å². The van der Waals surface area contributed by atoms with Crippen LogP contribution in [0, 0.1) is 0 Å². The van der Waals surface area contributed by atoms with Crippen molar-refractivity contribution in [1.29, 1.82) is 0 Å². The summed E-state index contributed by atoms with van der Waals surface area (Å²) in [7, 11) is 0. The lowest BCUT2D eigenvalue weighted by atomic mass is 10.0. The molecule has 2 aromatic rings. The van der Waals surface area contributed by atoms with Gasteiger partial charge in [-0.1, -0.05) is 60.7 Å². The van der Waals surface area contributed by atoms with E-state index in [1.807, 2.05) is 24.3 Å². The highest BCUT2D eigenvalue weighted by atomic mass is 16.4. The van der Waals surface area contributed by atoms with Crippen LogP contribution in [0.4, 0.5) is 0 Å². The van der Waals surface area contributed by atoms with E-state index in [0.29, 0.717) is 6.04 Å². The van der Waals surface area contributed by atoms with Crippen LogP contribution in [0.15, 0.2) is 60.7 Å². The van der Waals surface area contributed by atoms with E-state index in [4.69, 9.17) is 0 Å². The Balaban J connectivity index is 1.72. The summed E-state index contributed by atoms with van der Waals surface area (Å²) in [5.41, 5.74) is 2.52. The molecule has 0 radical (unpaired) electrons. The van der Waals surface area contributed by atoms with Gasteiger partial charge in [0.05, 0.1) is 6.42 Å². The van der Waals surface area contributed by atoms with Crippen molar-refractivity contribution in [3.05, 3.63) is 71.8 Å². The van der Waals surface area contributed by atoms with E-state index in [9.17, 15) is 9.90 Å². The third-order valence-electron chi connectivity index (χ3n) is 4.89. The molecule has 0 spiro atoms. The lowest BCUT2D eigenvalue weighted by Crippen LogP contribution is -2.57. The minimum atomic E-state index is -0.725. The Morgan fingerprint density at radius 2 is 1.52 bits per heavy atom. The lowest BCUT2D eigenvalue weighted by molar-refractivity contribution is -0.139. The summed E-state index contributed by atoms with van der Waals surface area (Å²) < 4.78 is 0. The van der Waals surface area contributed by atoms with Crippen LogP contribution in [-0.2, 0) is 17.9 Å². The van der Waals surface area contributed by atoms with Crippen molar-refractivity contribution in [1.82, 2.24) is 9.80 Å². The Labute approximate surface area is 149 Å². The van der Waals surface area contributed by atoms with Gasteiger partial charge in [0.25, 0.3) is 0 Å². The maximum Gasteiger partial charge on any atom is 0.304 e. The van der Waals surface area contributed by atoms with Crippen LogP contribution in [0.25, 0.3) is 0 Å². The fourth-order valence-electron chi connectivity index (χ4n) is 3.75. The molecular formula is C21H26N2O2. The first-order valence-corrected chi connectivity index (χ1v) is 8.89. The van der Waals surface area contributed by atoms with Crippen LogP contribution in [-0.4, -0.2) is 46.0 Å². The van der Waals surface area contributed by atoms with Gasteiger partial charge in [0.1, 0.15) is 0 Å². The average molecular weight is 338 g/mol. The van der Waals surface area contributed by atoms with Gasteiger partial charge < -0.3 is 5.11 Å². The Bertz CT molecular complexity index is 675. The molecule has 1 heterocycles. The quantitative estimate of drug-likeness (QED) is 0.878. The number of hydrogen-bond acceptors (Lipinski definition) is 3. The first-order chi connectivity index (χ1) is 12.1. The molecule has 1 saturated heterocycles. The van der Waals surface area contributed by atoms with Gasteiger partial charge in [-0.05, 0) is 18.1 Å². The minimum Gasteiger partial charge on any atom is -0.481 e. The van der Waals surface area contributed by atoms with E-state index in [1.54, 1.807) is 0 Å². The molecule has 2 aromatic carbocycles. The summed E-state index contributed by atoms with van der Waals surface area (Å²) in [6.07, 6.45) is 0.183. The van der Waals surface area contributed by atoms with Gasteiger partial charge in [-0.2, -0.15) is 0 Å². The molecule has 0 unspecified atom stereocenters. The topological polar surface area (TPSA) is 43.8 Å². The van der Waals surface area contributed by atoms with Crippen molar-refractivity contribution in [2.24, 2.45) is 0 Å². The molecule has 4 nitrogen and oxygen atoms in total. The Morgan fingerprint density at radius 3 is 2.08 bits per heavy atom. The minimum absolute atomic E-state index is 0.0326. The van der Waals surface area contributed by atoms with Gasteiger partial charge in [-0.25, -0.2) is 0 Å². The largest absolute Gasteiger partial charge is 0.481 e. The predicted octanol–water partition coefficient (Wildman–Crippen LogP) is 3.24. The maximum absolute atomic E-state index is 11.4. The molecule has 3 rings (SSSR count). The summed E-state index contributed by atoms with van der Waals surface area (Å²) in [6, 6.07) is 21.1. The maximum atomic E-state index is 11.4. The molecule has 1 aliphatic rings. The molecule has 25 heavy (non-hydrogen) atoms. The van der Waals surface area contributed by atoms with Crippen LogP contribution in [0.5, 0.6) is 0 Å². The van der Waals surface area contributed by atoms with Crippen molar-refractivity contribution in [3.8, 4) is 0 Å². The van der Waals surface area contributed by atoms with Gasteiger partial charge in [0.2, 0.25) is 0 Å². The number of carboxylic acid groups (broad SMARTS) is 1. The zero-order valence-corrected chi connectivity index (χ0v) is 14.7. The second kappa shape index (κ2) is 8.28. The number of hydrogen-bond donors (Lipinski definition) is 1. The monoisotopic (exact) mass is 338 g/mol. The van der Waals surface area contributed by atoms with E-state index in [1.165, 1.54) is 11.1 Å². The van der Waals surface area contributed by atoms with Crippen molar-refractivity contribution >= 4 is 5.97 Å². The van der Waals surface area contributed by atoms with Gasteiger partial charge in [-0.15, -0.1) is 0 Å². The molecule has 132 valence electrons. The Morgan fingerprint density at radius 1 is 0.960 bits per heavy atom. The molecule has 4 heteroatoms. The molecule has 1 aliphatic heterocycles. The average Bonchev–Trinajstić information content (AvgIpc) is 2.59. The third-order valence-corrected chi connectivity index (χ3v) is 4.89. The zero-order valence-electron chi connectivity index (χ0n) is 14.7. The Hall–Kier alpha value is -2.17. The summed E-state index contributed by atoms with van der Waals surface area (Å²) in [6.45, 7) is 5.63. The van der Waals surface area contributed by atoms with Crippen LogP contribution in [0.1, 0.15) is 24.5 Å². The number of aliphatic carboxylic acids is 1. The van der Waals surface area contributed by atoms with Crippen molar-refractivity contribution in [2.75, 3.05) is 13.1 Å². The normalized spacial score (nSPS) is 22.0. The van der Waals surface area contributed by atoms with Gasteiger partial charge in [-0.3, -0.25) is 14.6 Å². The Kier molecular flexibility index (Phi) is 5.84. The third kappa shape index (κ3) is 4.91. The predicted molar refractivity (Wildman–Crippen MR) is 99.2 cm³/mol. The van der Waals surface area contributed by atoms with Crippen LogP contribution in [0.2, 0.25) is 0 Å². The number of carbonyl (C=O) groups is 1. The van der Waals surface area contributed by atoms with Gasteiger partial charge >= 0.3 is 5.97 Å². The number of carboxylic acids is 1. The highest BCUT2D eigenvalue weighted by molar-refractivity contribution is 5.67. The fourth-order valence-corrected chi connectivity index (χ4v) is 3.75. The van der Waals surface area contributed by atoms with E-state index in [2.05, 4.69) is 53.1 Å². The molecule has 0 amide bonds. The summed E-state index contributed by atoms with van der Waals surface area (Å²) >= 11 is 0. The lowest BCUT2D eigenvalue weighted by Gasteiger charge is -2.45. The van der Waals surface area contributed by atoms with Gasteiger partial charge in [0, 0.05) is 38.3 Å². The van der Waals surface area contributed by atoms with Crippen LogP contribution >= 0.6 is 0 Å². The second-order valence-electron chi connectivity index (χ2n) is 6.94. The van der Waals surface area contributed by atoms with Gasteiger partial charge in [0.15, 0.2) is 0 Å². The SMILES string of the molecule is C[C@H]1CN(Cc2ccccc2)C[C@H](CC(=O)O)N1Cc1ccccc1. The molecule has 0 bridgehead atoms. The van der Waals surface area contributed by atoms with E-state index < -0.39 is 5.97 Å². The number of piperazine rings is 1. The molecular weight excluding hydrogens is 312 g/mol. The first kappa shape index (κ1) is 17.6. The molecule has 0 aliphatic carbocycles. The fraction of sp³-hybridized carbons (Fsp3) is 0.381.